The molecule has 4 saturated carbocycles. The van der Waals surface area contributed by atoms with Crippen molar-refractivity contribution in [3.05, 3.63) is 0 Å². The Balaban J connectivity index is 1.23. The van der Waals surface area contributed by atoms with E-state index in [0.717, 1.165) is 32.1 Å². The van der Waals surface area contributed by atoms with Crippen molar-refractivity contribution in [2.75, 3.05) is 6.61 Å². The van der Waals surface area contributed by atoms with Crippen molar-refractivity contribution >= 4 is 5.97 Å². The van der Waals surface area contributed by atoms with Gasteiger partial charge in [0.1, 0.15) is 24.4 Å². The van der Waals surface area contributed by atoms with E-state index in [4.69, 9.17) is 9.47 Å². The molecule has 5 rings (SSSR count). The van der Waals surface area contributed by atoms with E-state index in [1.165, 1.54) is 0 Å². The summed E-state index contributed by atoms with van der Waals surface area (Å²) in [4.78, 5) is 12.7. The predicted octanol–water partition coefficient (Wildman–Crippen LogP) is 0.707. The largest absolute Gasteiger partial charge is 0.433 e. The first-order valence-electron chi connectivity index (χ1n) is 15.4. The summed E-state index contributed by atoms with van der Waals surface area (Å²) in [6.45, 7) is 5.98. The standard InChI is InChI=1S/C30H50O10/c1-14(4-7-23(35)40-28-27(38)26(37)25(36)21(13-31)39-28)17-5-6-18-24-19(12-22(34)30(17,18)3)29(2)9-8-16(32)10-15(29)11-20(24)33/h14-22,24-28,31-34,36-38H,4-13H2,1-3H3. The number of carbonyl (C=O) groups is 1. The molecule has 230 valence electrons. The van der Waals surface area contributed by atoms with Gasteiger partial charge in [-0.15, -0.1) is 0 Å². The zero-order valence-corrected chi connectivity index (χ0v) is 24.0. The van der Waals surface area contributed by atoms with E-state index in [1.54, 1.807) is 0 Å². The van der Waals surface area contributed by atoms with Gasteiger partial charge in [-0.25, -0.2) is 0 Å². The van der Waals surface area contributed by atoms with Crippen LogP contribution in [0.15, 0.2) is 0 Å². The number of rotatable bonds is 6. The molecule has 1 aliphatic heterocycles. The average molecular weight is 571 g/mol. The summed E-state index contributed by atoms with van der Waals surface area (Å²) in [6.07, 6.45) is -2.43. The lowest BCUT2D eigenvalue weighted by atomic mass is 9.43. The average Bonchev–Trinajstić information content (AvgIpc) is 3.27. The first-order chi connectivity index (χ1) is 18.8. The van der Waals surface area contributed by atoms with Crippen molar-refractivity contribution < 1.29 is 50.0 Å². The van der Waals surface area contributed by atoms with Gasteiger partial charge in [0, 0.05) is 6.42 Å². The van der Waals surface area contributed by atoms with Gasteiger partial charge in [-0.05, 0) is 97.7 Å². The highest BCUT2D eigenvalue weighted by Crippen LogP contribution is 2.68. The fourth-order valence-electron chi connectivity index (χ4n) is 10.0. The van der Waals surface area contributed by atoms with Gasteiger partial charge < -0.3 is 45.2 Å². The Hall–Kier alpha value is -0.850. The molecule has 10 heteroatoms. The number of carbonyl (C=O) groups excluding carboxylic acids is 1. The Bertz CT molecular complexity index is 915. The summed E-state index contributed by atoms with van der Waals surface area (Å²) >= 11 is 0. The van der Waals surface area contributed by atoms with Crippen LogP contribution in [-0.2, 0) is 14.3 Å². The van der Waals surface area contributed by atoms with Crippen molar-refractivity contribution in [1.82, 2.24) is 0 Å². The first kappa shape index (κ1) is 30.6. The van der Waals surface area contributed by atoms with Gasteiger partial charge in [-0.3, -0.25) is 4.79 Å². The predicted molar refractivity (Wildman–Crippen MR) is 142 cm³/mol. The maximum absolute atomic E-state index is 12.7. The van der Waals surface area contributed by atoms with E-state index in [-0.39, 0.29) is 58.9 Å². The second-order valence-corrected chi connectivity index (χ2v) is 14.2. The molecule has 40 heavy (non-hydrogen) atoms. The third-order valence-electron chi connectivity index (χ3n) is 12.4. The molecule has 16 unspecified atom stereocenters. The highest BCUT2D eigenvalue weighted by Gasteiger charge is 2.65. The van der Waals surface area contributed by atoms with Crippen molar-refractivity contribution in [2.45, 2.75) is 128 Å². The third kappa shape index (κ3) is 4.94. The Kier molecular flexibility index (Phi) is 8.67. The monoisotopic (exact) mass is 570 g/mol. The van der Waals surface area contributed by atoms with E-state index in [1.807, 2.05) is 0 Å². The Morgan fingerprint density at radius 3 is 2.38 bits per heavy atom. The highest BCUT2D eigenvalue weighted by atomic mass is 16.7. The highest BCUT2D eigenvalue weighted by molar-refractivity contribution is 5.69. The number of hydrogen-bond acceptors (Lipinski definition) is 10. The summed E-state index contributed by atoms with van der Waals surface area (Å²) in [5.74, 6) is 0.463. The first-order valence-corrected chi connectivity index (χ1v) is 15.4. The molecule has 10 nitrogen and oxygen atoms in total. The maximum atomic E-state index is 12.7. The third-order valence-corrected chi connectivity index (χ3v) is 12.4. The molecule has 5 fully saturated rings. The minimum absolute atomic E-state index is 0.0172. The van der Waals surface area contributed by atoms with Crippen LogP contribution in [0, 0.1) is 46.3 Å². The molecule has 0 aromatic heterocycles. The van der Waals surface area contributed by atoms with Crippen molar-refractivity contribution in [1.29, 1.82) is 0 Å². The van der Waals surface area contributed by atoms with Gasteiger partial charge in [-0.1, -0.05) is 20.8 Å². The molecule has 0 bridgehead atoms. The molecule has 1 heterocycles. The molecule has 7 N–H and O–H groups in total. The minimum Gasteiger partial charge on any atom is -0.433 e. The second-order valence-electron chi connectivity index (χ2n) is 14.2. The van der Waals surface area contributed by atoms with Crippen molar-refractivity contribution in [2.24, 2.45) is 46.3 Å². The maximum Gasteiger partial charge on any atom is 0.308 e. The molecule has 4 aliphatic carbocycles. The van der Waals surface area contributed by atoms with Crippen LogP contribution in [0.4, 0.5) is 0 Å². The molecule has 0 aromatic rings. The van der Waals surface area contributed by atoms with Gasteiger partial charge in [-0.2, -0.15) is 0 Å². The molecule has 0 aromatic carbocycles. The number of aliphatic hydroxyl groups is 7. The fourth-order valence-corrected chi connectivity index (χ4v) is 10.0. The van der Waals surface area contributed by atoms with Crippen LogP contribution < -0.4 is 0 Å². The molecule has 16 atom stereocenters. The molecular formula is C30H50O10. The van der Waals surface area contributed by atoms with Gasteiger partial charge in [0.05, 0.1) is 24.9 Å². The van der Waals surface area contributed by atoms with Gasteiger partial charge in [0.2, 0.25) is 6.29 Å². The van der Waals surface area contributed by atoms with Gasteiger partial charge in [0.25, 0.3) is 0 Å². The lowest BCUT2D eigenvalue weighted by Gasteiger charge is -2.63. The topological polar surface area (TPSA) is 177 Å². The lowest BCUT2D eigenvalue weighted by Crippen LogP contribution is -2.62. The van der Waals surface area contributed by atoms with Crippen LogP contribution in [0.1, 0.15) is 78.6 Å². The lowest BCUT2D eigenvalue weighted by molar-refractivity contribution is -0.292. The van der Waals surface area contributed by atoms with Crippen LogP contribution >= 0.6 is 0 Å². The zero-order chi connectivity index (χ0) is 29.1. The number of ether oxygens (including phenoxy) is 2. The zero-order valence-electron chi connectivity index (χ0n) is 24.0. The van der Waals surface area contributed by atoms with E-state index in [2.05, 4.69) is 20.8 Å². The molecule has 0 radical (unpaired) electrons. The Morgan fingerprint density at radius 1 is 0.950 bits per heavy atom. The van der Waals surface area contributed by atoms with Crippen LogP contribution in [0.3, 0.4) is 0 Å². The summed E-state index contributed by atoms with van der Waals surface area (Å²) in [5, 5.41) is 72.9. The normalized spacial score (nSPS) is 53.2. The Labute approximate surface area is 236 Å². The van der Waals surface area contributed by atoms with Crippen LogP contribution in [0.5, 0.6) is 0 Å². The van der Waals surface area contributed by atoms with E-state index >= 15 is 0 Å². The van der Waals surface area contributed by atoms with Gasteiger partial charge >= 0.3 is 5.97 Å². The van der Waals surface area contributed by atoms with Crippen molar-refractivity contribution in [3.8, 4) is 0 Å². The summed E-state index contributed by atoms with van der Waals surface area (Å²) in [6, 6.07) is 0. The minimum atomic E-state index is -1.63. The quantitative estimate of drug-likeness (QED) is 0.225. The molecule has 5 aliphatic rings. The Morgan fingerprint density at radius 2 is 1.68 bits per heavy atom. The van der Waals surface area contributed by atoms with E-state index < -0.39 is 55.5 Å². The van der Waals surface area contributed by atoms with Gasteiger partial charge in [0.15, 0.2) is 0 Å². The summed E-state index contributed by atoms with van der Waals surface area (Å²) in [5.41, 5.74) is -0.358. The molecule has 0 spiro atoms. The summed E-state index contributed by atoms with van der Waals surface area (Å²) in [7, 11) is 0. The van der Waals surface area contributed by atoms with E-state index in [9.17, 15) is 40.5 Å². The number of fused-ring (bicyclic) bond motifs is 5. The smallest absolute Gasteiger partial charge is 0.308 e. The molecule has 1 saturated heterocycles. The second kappa shape index (κ2) is 11.3. The van der Waals surface area contributed by atoms with Crippen LogP contribution in [0.2, 0.25) is 0 Å². The number of aliphatic hydroxyl groups excluding tert-OH is 7. The van der Waals surface area contributed by atoms with E-state index in [0.29, 0.717) is 19.3 Å². The van der Waals surface area contributed by atoms with Crippen molar-refractivity contribution in [3.63, 3.8) is 0 Å². The number of hydrogen-bond donors (Lipinski definition) is 7. The molecular weight excluding hydrogens is 520 g/mol. The SMILES string of the molecule is CC(CCC(=O)OC1OC(CO)C(O)C(O)C1O)C1CCC2C3C(O)CC4CC(O)CCC4(C)C3CC(O)C12C. The van der Waals surface area contributed by atoms with Crippen LogP contribution in [0.25, 0.3) is 0 Å². The summed E-state index contributed by atoms with van der Waals surface area (Å²) < 4.78 is 10.6. The van der Waals surface area contributed by atoms with Crippen LogP contribution in [-0.4, -0.2) is 97.3 Å². The number of esters is 1. The molecule has 0 amide bonds. The fraction of sp³-hybridized carbons (Fsp3) is 0.967.